The second-order valence-corrected chi connectivity index (χ2v) is 16.5. The summed E-state index contributed by atoms with van der Waals surface area (Å²) >= 11 is 0. The van der Waals surface area contributed by atoms with Crippen LogP contribution >= 0.6 is 0 Å². The van der Waals surface area contributed by atoms with Gasteiger partial charge in [0.05, 0.1) is 0 Å². The zero-order chi connectivity index (χ0) is 28.9. The van der Waals surface area contributed by atoms with Gasteiger partial charge in [-0.05, 0) is 110 Å². The smallest absolute Gasteiger partial charge is 0.133 e. The summed E-state index contributed by atoms with van der Waals surface area (Å²) in [5.74, 6) is 2.53. The van der Waals surface area contributed by atoms with Crippen molar-refractivity contribution >= 4 is 5.78 Å². The fourth-order valence-corrected chi connectivity index (χ4v) is 12.5. The van der Waals surface area contributed by atoms with Gasteiger partial charge in [0.15, 0.2) is 0 Å². The third-order valence-electron chi connectivity index (χ3n) is 15.6. The number of carbonyl (C=O) groups is 1. The van der Waals surface area contributed by atoms with E-state index in [0.717, 1.165) is 12.8 Å². The maximum atomic E-state index is 14.2. The van der Waals surface area contributed by atoms with E-state index in [1.807, 2.05) is 0 Å². The zero-order valence-electron chi connectivity index (χ0n) is 27.9. The van der Waals surface area contributed by atoms with Gasteiger partial charge in [0.25, 0.3) is 0 Å². The van der Waals surface area contributed by atoms with Crippen LogP contribution in [0.1, 0.15) is 148 Å². The summed E-state index contributed by atoms with van der Waals surface area (Å²) in [4.78, 5) is 14.2. The van der Waals surface area contributed by atoms with Gasteiger partial charge in [0.1, 0.15) is 5.78 Å². The number of carbonyl (C=O) groups excluding carboxylic acids is 1. The predicted octanol–water partition coefficient (Wildman–Crippen LogP) is 11.0. The molecule has 2 fully saturated rings. The highest BCUT2D eigenvalue weighted by Crippen LogP contribution is 2.75. The maximum Gasteiger partial charge on any atom is 0.133 e. The summed E-state index contributed by atoms with van der Waals surface area (Å²) in [7, 11) is 0. The Labute approximate surface area is 237 Å². The first-order valence-corrected chi connectivity index (χ1v) is 16.2. The first kappa shape index (κ1) is 30.1. The monoisotopic (exact) mass is 522 g/mol. The van der Waals surface area contributed by atoms with Gasteiger partial charge in [-0.15, -0.1) is 0 Å². The average Bonchev–Trinajstić information content (AvgIpc) is 2.83. The van der Waals surface area contributed by atoms with E-state index in [2.05, 4.69) is 96.9 Å². The highest BCUT2D eigenvalue weighted by Gasteiger charge is 2.67. The second-order valence-electron chi connectivity index (χ2n) is 16.5. The maximum absolute atomic E-state index is 14.2. The molecule has 6 aliphatic rings. The van der Waals surface area contributed by atoms with Crippen molar-refractivity contribution in [3.8, 4) is 0 Å². The van der Waals surface area contributed by atoms with Gasteiger partial charge in [-0.25, -0.2) is 0 Å². The molecule has 6 rings (SSSR count). The molecule has 1 heteroatoms. The van der Waals surface area contributed by atoms with Crippen molar-refractivity contribution < 1.29 is 4.79 Å². The van der Waals surface area contributed by atoms with Crippen LogP contribution < -0.4 is 0 Å². The number of ketones is 1. The molecule has 10 unspecified atom stereocenters. The lowest BCUT2D eigenvalue weighted by Gasteiger charge is -2.69. The normalized spacial score (nSPS) is 50.3. The fraction of sp³-hybridized carbons (Fsp3) is 0.865. The highest BCUT2D eigenvalue weighted by atomic mass is 16.1. The molecule has 0 aromatic carbocycles. The molecule has 4 bridgehead atoms. The lowest BCUT2D eigenvalue weighted by atomic mass is 9.35. The van der Waals surface area contributed by atoms with Crippen LogP contribution in [0.25, 0.3) is 0 Å². The molecule has 0 N–H and O–H groups in total. The minimum Gasteiger partial charge on any atom is -0.300 e. The predicted molar refractivity (Wildman–Crippen MR) is 164 cm³/mol. The van der Waals surface area contributed by atoms with Crippen LogP contribution in [0.3, 0.4) is 0 Å². The molecule has 2 saturated carbocycles. The molecule has 38 heavy (non-hydrogen) atoms. The Kier molecular flexibility index (Phi) is 7.19. The van der Waals surface area contributed by atoms with Gasteiger partial charge in [0, 0.05) is 12.8 Å². The number of fused-ring (bicyclic) bond motifs is 4. The van der Waals surface area contributed by atoms with Crippen LogP contribution in [0.15, 0.2) is 22.3 Å². The van der Waals surface area contributed by atoms with Crippen LogP contribution in [0.5, 0.6) is 0 Å². The van der Waals surface area contributed by atoms with E-state index in [0.29, 0.717) is 40.3 Å². The number of hydrogen-bond acceptors (Lipinski definition) is 1. The quantitative estimate of drug-likeness (QED) is 0.290. The Hall–Kier alpha value is -0.850. The molecular weight excluding hydrogens is 460 g/mol. The van der Waals surface area contributed by atoms with E-state index in [4.69, 9.17) is 0 Å². The summed E-state index contributed by atoms with van der Waals surface area (Å²) in [5.41, 5.74) is 7.74. The van der Waals surface area contributed by atoms with E-state index < -0.39 is 0 Å². The van der Waals surface area contributed by atoms with Crippen molar-refractivity contribution in [1.82, 2.24) is 0 Å². The van der Waals surface area contributed by atoms with E-state index in [9.17, 15) is 4.79 Å². The van der Waals surface area contributed by atoms with Gasteiger partial charge in [-0.1, -0.05) is 104 Å². The summed E-state index contributed by atoms with van der Waals surface area (Å²) in [5, 5.41) is 0. The molecule has 216 valence electrons. The number of Topliss-reactive ketones (excluding diaryl/α,β-unsaturated/α-hetero) is 1. The fourth-order valence-electron chi connectivity index (χ4n) is 12.5. The van der Waals surface area contributed by atoms with Gasteiger partial charge < -0.3 is 0 Å². The van der Waals surface area contributed by atoms with Crippen LogP contribution in [0, 0.1) is 56.2 Å². The van der Waals surface area contributed by atoms with Gasteiger partial charge in [0.2, 0.25) is 0 Å². The molecular formula is C37H62O. The lowest BCUT2D eigenvalue weighted by Crippen LogP contribution is -2.62. The molecule has 0 aromatic heterocycles. The number of hydrogen-bond donors (Lipinski definition) is 0. The number of allylic oxidation sites excluding steroid dienone is 4. The van der Waals surface area contributed by atoms with Gasteiger partial charge in [-0.2, -0.15) is 0 Å². The Morgan fingerprint density at radius 2 is 0.947 bits per heavy atom. The third-order valence-corrected chi connectivity index (χ3v) is 15.6. The van der Waals surface area contributed by atoms with Crippen LogP contribution in [-0.2, 0) is 4.79 Å². The minimum absolute atomic E-state index is 0.139. The summed E-state index contributed by atoms with van der Waals surface area (Å²) in [6.07, 6.45) is 9.06. The van der Waals surface area contributed by atoms with Crippen molar-refractivity contribution in [2.24, 2.45) is 56.2 Å². The molecule has 0 spiro atoms. The largest absolute Gasteiger partial charge is 0.300 e. The molecule has 1 nitrogen and oxygen atoms in total. The van der Waals surface area contributed by atoms with Crippen LogP contribution in [0.2, 0.25) is 0 Å². The van der Waals surface area contributed by atoms with Crippen molar-refractivity contribution in [2.75, 3.05) is 0 Å². The molecule has 0 heterocycles. The summed E-state index contributed by atoms with van der Waals surface area (Å²) in [6, 6.07) is 0. The molecule has 0 radical (unpaired) electrons. The van der Waals surface area contributed by atoms with E-state index in [1.54, 1.807) is 22.3 Å². The average molecular weight is 523 g/mol. The first-order chi connectivity index (χ1) is 17.4. The Morgan fingerprint density at radius 3 is 1.24 bits per heavy atom. The number of rotatable bonds is 8. The Bertz CT molecular complexity index is 979. The van der Waals surface area contributed by atoms with Crippen molar-refractivity contribution in [1.29, 1.82) is 0 Å². The molecule has 6 aliphatic carbocycles. The SMILES string of the molecule is CCCC1(C)CC2(C)C(C)=C(C)C1(C)C(C)C2CC(=O)CC1C(C)C2(C)C(C)=C(C)C1(C)CC2(C)CCC. The van der Waals surface area contributed by atoms with E-state index >= 15 is 0 Å². The van der Waals surface area contributed by atoms with Gasteiger partial charge >= 0.3 is 0 Å². The van der Waals surface area contributed by atoms with Crippen LogP contribution in [0.4, 0.5) is 0 Å². The van der Waals surface area contributed by atoms with Crippen molar-refractivity contribution in [3.63, 3.8) is 0 Å². The topological polar surface area (TPSA) is 17.1 Å². The zero-order valence-corrected chi connectivity index (χ0v) is 27.9. The van der Waals surface area contributed by atoms with Gasteiger partial charge in [-0.3, -0.25) is 4.79 Å². The van der Waals surface area contributed by atoms with Crippen molar-refractivity contribution in [2.45, 2.75) is 148 Å². The Balaban J connectivity index is 1.64. The van der Waals surface area contributed by atoms with Crippen molar-refractivity contribution in [3.05, 3.63) is 22.3 Å². The van der Waals surface area contributed by atoms with Crippen LogP contribution in [-0.4, -0.2) is 5.78 Å². The van der Waals surface area contributed by atoms with E-state index in [-0.39, 0.29) is 21.7 Å². The summed E-state index contributed by atoms with van der Waals surface area (Å²) < 4.78 is 0. The second kappa shape index (κ2) is 9.08. The molecule has 0 saturated heterocycles. The molecule has 10 atom stereocenters. The molecule has 0 amide bonds. The standard InChI is InChI=1S/C37H62O/c1-15-17-32(9)21-34(11)23(3)25(5)36(32,13)27(7)30(34)19-29(38)20-31-28(8)37(14)26(6)24(4)35(31,12)22-33(37,10)18-16-2/h27-28,30-31H,15-22H2,1-14H3. The third kappa shape index (κ3) is 3.44. The van der Waals surface area contributed by atoms with E-state index in [1.165, 1.54) is 38.5 Å². The molecule has 0 aliphatic heterocycles. The molecule has 0 aromatic rings. The minimum atomic E-state index is 0.139. The lowest BCUT2D eigenvalue weighted by molar-refractivity contribution is -0.149. The summed E-state index contributed by atoms with van der Waals surface area (Å²) in [6.45, 7) is 34.6. The highest BCUT2D eigenvalue weighted by molar-refractivity contribution is 5.79. The first-order valence-electron chi connectivity index (χ1n) is 16.2. The Morgan fingerprint density at radius 1 is 0.632 bits per heavy atom.